The maximum Gasteiger partial charge on any atom is 0.229 e. The van der Waals surface area contributed by atoms with Crippen molar-refractivity contribution in [2.24, 2.45) is 10.9 Å². The molecule has 8 heteroatoms. The first-order valence-electron chi connectivity index (χ1n) is 14.5. The minimum absolute atomic E-state index is 0.0128. The molecular formula is C34H38N6OS. The zero-order chi connectivity index (χ0) is 29.5. The van der Waals surface area contributed by atoms with Crippen LogP contribution in [0.3, 0.4) is 0 Å². The number of aliphatic imine (C=N–C) groups is 1. The van der Waals surface area contributed by atoms with E-state index < -0.39 is 5.60 Å². The van der Waals surface area contributed by atoms with Gasteiger partial charge in [0.15, 0.2) is 0 Å². The largest absolute Gasteiger partial charge is 0.380 e. The van der Waals surface area contributed by atoms with Gasteiger partial charge in [0.25, 0.3) is 0 Å². The second-order valence-electron chi connectivity index (χ2n) is 10.7. The molecule has 4 aromatic rings. The minimum atomic E-state index is -1.10. The monoisotopic (exact) mass is 578 g/mol. The van der Waals surface area contributed by atoms with Crippen LogP contribution in [-0.2, 0) is 12.0 Å². The molecule has 0 unspecified atom stereocenters. The van der Waals surface area contributed by atoms with E-state index in [2.05, 4.69) is 38.5 Å². The van der Waals surface area contributed by atoms with Crippen LogP contribution in [-0.4, -0.2) is 44.1 Å². The number of rotatable bonds is 6. The minimum Gasteiger partial charge on any atom is -0.380 e. The average Bonchev–Trinajstić information content (AvgIpc) is 3.01. The van der Waals surface area contributed by atoms with E-state index in [0.29, 0.717) is 30.1 Å². The number of benzene rings is 3. The molecule has 0 atom stereocenters. The SMILES string of the molecule is CCc1ccccc1NC(=S)/N=C(/Nc1nc(C)cc(C)n1)N1CCC(C(O)(c2ccccc2)c2ccccc2)CC1. The molecule has 216 valence electrons. The van der Waals surface area contributed by atoms with Gasteiger partial charge in [-0.25, -0.2) is 9.97 Å². The highest BCUT2D eigenvalue weighted by atomic mass is 32.1. The third-order valence-electron chi connectivity index (χ3n) is 7.87. The van der Waals surface area contributed by atoms with Crippen LogP contribution in [0.1, 0.15) is 47.8 Å². The number of piperidine rings is 1. The molecule has 0 amide bonds. The zero-order valence-corrected chi connectivity index (χ0v) is 25.2. The lowest BCUT2D eigenvalue weighted by atomic mass is 9.72. The van der Waals surface area contributed by atoms with Crippen molar-refractivity contribution in [1.29, 1.82) is 0 Å². The molecule has 0 radical (unpaired) electrons. The van der Waals surface area contributed by atoms with E-state index in [-0.39, 0.29) is 5.92 Å². The van der Waals surface area contributed by atoms with Crippen molar-refractivity contribution in [2.75, 3.05) is 23.7 Å². The molecule has 1 saturated heterocycles. The fourth-order valence-corrected chi connectivity index (χ4v) is 5.98. The molecule has 1 fully saturated rings. The summed E-state index contributed by atoms with van der Waals surface area (Å²) in [6.07, 6.45) is 2.40. The van der Waals surface area contributed by atoms with Gasteiger partial charge in [-0.1, -0.05) is 85.8 Å². The lowest BCUT2D eigenvalue weighted by molar-refractivity contribution is -0.00653. The predicted octanol–water partition coefficient (Wildman–Crippen LogP) is 6.47. The van der Waals surface area contributed by atoms with E-state index in [0.717, 1.165) is 47.5 Å². The topological polar surface area (TPSA) is 85.7 Å². The van der Waals surface area contributed by atoms with Crippen molar-refractivity contribution >= 4 is 34.9 Å². The smallest absolute Gasteiger partial charge is 0.229 e. The summed E-state index contributed by atoms with van der Waals surface area (Å²) in [4.78, 5) is 16.2. The highest BCUT2D eigenvalue weighted by Gasteiger charge is 2.42. The van der Waals surface area contributed by atoms with Crippen molar-refractivity contribution in [3.05, 3.63) is 119 Å². The lowest BCUT2D eigenvalue weighted by Gasteiger charge is -2.43. The maximum atomic E-state index is 12.3. The molecule has 3 N–H and O–H groups in total. The van der Waals surface area contributed by atoms with Gasteiger partial charge in [0.1, 0.15) is 5.60 Å². The fraction of sp³-hybridized carbons (Fsp3) is 0.294. The van der Waals surface area contributed by atoms with Crippen molar-refractivity contribution < 1.29 is 5.11 Å². The maximum absolute atomic E-state index is 12.3. The van der Waals surface area contributed by atoms with Crippen LogP contribution < -0.4 is 10.6 Å². The summed E-state index contributed by atoms with van der Waals surface area (Å²) in [7, 11) is 0. The second kappa shape index (κ2) is 13.2. The summed E-state index contributed by atoms with van der Waals surface area (Å²) in [5.74, 6) is 1.09. The highest BCUT2D eigenvalue weighted by molar-refractivity contribution is 7.80. The van der Waals surface area contributed by atoms with Gasteiger partial charge in [-0.15, -0.1) is 0 Å². The number of nitrogens with zero attached hydrogens (tertiary/aromatic N) is 4. The number of aromatic nitrogens is 2. The van der Waals surface area contributed by atoms with E-state index >= 15 is 0 Å². The number of aryl methyl sites for hydroxylation is 3. The Kier molecular flexibility index (Phi) is 9.25. The van der Waals surface area contributed by atoms with Crippen LogP contribution >= 0.6 is 12.2 Å². The van der Waals surface area contributed by atoms with Crippen LogP contribution in [0.4, 0.5) is 11.6 Å². The summed E-state index contributed by atoms with van der Waals surface area (Å²) in [6.45, 7) is 7.37. The molecule has 0 aliphatic carbocycles. The van der Waals surface area contributed by atoms with Crippen molar-refractivity contribution in [3.8, 4) is 0 Å². The van der Waals surface area contributed by atoms with Gasteiger partial charge in [-0.2, -0.15) is 4.99 Å². The van der Waals surface area contributed by atoms with Crippen molar-refractivity contribution in [2.45, 2.75) is 45.6 Å². The first-order valence-corrected chi connectivity index (χ1v) is 14.9. The zero-order valence-electron chi connectivity index (χ0n) is 24.4. The number of thiocarbonyl (C=S) groups is 1. The number of guanidine groups is 1. The Morgan fingerprint density at radius 3 is 2.00 bits per heavy atom. The Bertz CT molecular complexity index is 1470. The summed E-state index contributed by atoms with van der Waals surface area (Å²) in [6, 6.07) is 30.0. The normalized spacial score (nSPS) is 14.5. The quantitative estimate of drug-likeness (QED) is 0.137. The van der Waals surface area contributed by atoms with Gasteiger partial charge in [0.05, 0.1) is 0 Å². The Balaban J connectivity index is 1.41. The third kappa shape index (κ3) is 6.66. The number of hydrogen-bond acceptors (Lipinski definition) is 4. The van der Waals surface area contributed by atoms with Gasteiger partial charge in [-0.05, 0) is 80.1 Å². The molecule has 5 rings (SSSR count). The van der Waals surface area contributed by atoms with Crippen LogP contribution in [0.25, 0.3) is 0 Å². The van der Waals surface area contributed by atoms with Gasteiger partial charge in [-0.3, -0.25) is 5.32 Å². The van der Waals surface area contributed by atoms with Crippen LogP contribution in [0, 0.1) is 19.8 Å². The lowest BCUT2D eigenvalue weighted by Crippen LogP contribution is -2.48. The van der Waals surface area contributed by atoms with Crippen molar-refractivity contribution in [3.63, 3.8) is 0 Å². The molecule has 0 bridgehead atoms. The Hall–Kier alpha value is -4.14. The third-order valence-corrected chi connectivity index (χ3v) is 8.06. The van der Waals surface area contributed by atoms with E-state index in [1.54, 1.807) is 0 Å². The molecule has 0 spiro atoms. The molecular weight excluding hydrogens is 540 g/mol. The van der Waals surface area contributed by atoms with Crippen molar-refractivity contribution in [1.82, 2.24) is 14.9 Å². The number of nitrogens with one attached hydrogen (secondary N) is 2. The van der Waals surface area contributed by atoms with E-state index in [1.807, 2.05) is 98.8 Å². The Morgan fingerprint density at radius 1 is 0.881 bits per heavy atom. The summed E-state index contributed by atoms with van der Waals surface area (Å²) >= 11 is 5.72. The second-order valence-corrected chi connectivity index (χ2v) is 11.1. The van der Waals surface area contributed by atoms with Crippen LogP contribution in [0.15, 0.2) is 96.0 Å². The standard InChI is InChI=1S/C34H38N6OS/c1-4-26-13-11-12-18-30(26)37-33(42)39-32(38-31-35-24(2)23-25(3)36-31)40-21-19-29(20-22-40)34(41,27-14-7-5-8-15-27)28-16-9-6-10-17-28/h5-18,23,29,41H,4,19-22H2,1-3H3,(H2,35,36,37,38,39,42). The number of para-hydroxylation sites is 1. The van der Waals surface area contributed by atoms with Gasteiger partial charge in [0, 0.05) is 30.2 Å². The number of hydrogen-bond donors (Lipinski definition) is 3. The van der Waals surface area contributed by atoms with E-state index in [4.69, 9.17) is 17.2 Å². The molecule has 1 aromatic heterocycles. The summed E-state index contributed by atoms with van der Waals surface area (Å²) in [5, 5.41) is 19.4. The summed E-state index contributed by atoms with van der Waals surface area (Å²) in [5.41, 5.74) is 4.58. The van der Waals surface area contributed by atoms with E-state index in [1.165, 1.54) is 5.56 Å². The molecule has 1 aliphatic heterocycles. The molecule has 1 aliphatic rings. The number of anilines is 2. The highest BCUT2D eigenvalue weighted by Crippen LogP contribution is 2.42. The average molecular weight is 579 g/mol. The molecule has 42 heavy (non-hydrogen) atoms. The van der Waals surface area contributed by atoms with Gasteiger partial charge < -0.3 is 15.3 Å². The molecule has 0 saturated carbocycles. The fourth-order valence-electron chi connectivity index (χ4n) is 5.78. The first kappa shape index (κ1) is 29.4. The molecule has 7 nitrogen and oxygen atoms in total. The first-order chi connectivity index (χ1) is 20.4. The predicted molar refractivity (Wildman–Crippen MR) is 175 cm³/mol. The van der Waals surface area contributed by atoms with Crippen LogP contribution in [0.2, 0.25) is 0 Å². The van der Waals surface area contributed by atoms with Gasteiger partial charge in [0.2, 0.25) is 17.0 Å². The Labute approximate surface area is 253 Å². The van der Waals surface area contributed by atoms with Gasteiger partial charge >= 0.3 is 0 Å². The number of aliphatic hydroxyl groups is 1. The van der Waals surface area contributed by atoms with Crippen LogP contribution in [0.5, 0.6) is 0 Å². The summed E-state index contributed by atoms with van der Waals surface area (Å²) < 4.78 is 0. The Morgan fingerprint density at radius 2 is 1.43 bits per heavy atom. The molecule has 3 aromatic carbocycles. The number of likely N-dealkylation sites (tertiary alicyclic amines) is 1. The molecule has 2 heterocycles. The van der Waals surface area contributed by atoms with E-state index in [9.17, 15) is 5.11 Å².